The van der Waals surface area contributed by atoms with E-state index in [9.17, 15) is 0 Å². The Morgan fingerprint density at radius 3 is 2.84 bits per heavy atom. The number of nitrogens with one attached hydrogen (secondary N) is 1. The van der Waals surface area contributed by atoms with Gasteiger partial charge in [-0.25, -0.2) is 0 Å². The van der Waals surface area contributed by atoms with Crippen molar-refractivity contribution in [3.8, 4) is 0 Å². The Morgan fingerprint density at radius 1 is 1.37 bits per heavy atom. The van der Waals surface area contributed by atoms with E-state index in [1.54, 1.807) is 0 Å². The fraction of sp³-hybridized carbons (Fsp3) is 0.647. The van der Waals surface area contributed by atoms with Crippen molar-refractivity contribution >= 4 is 0 Å². The Morgan fingerprint density at radius 2 is 2.16 bits per heavy atom. The molecule has 19 heavy (non-hydrogen) atoms. The zero-order valence-corrected chi connectivity index (χ0v) is 12.8. The van der Waals surface area contributed by atoms with Crippen LogP contribution >= 0.6 is 0 Å². The molecule has 2 rings (SSSR count). The highest BCUT2D eigenvalue weighted by Crippen LogP contribution is 2.16. The van der Waals surface area contributed by atoms with Gasteiger partial charge >= 0.3 is 0 Å². The van der Waals surface area contributed by atoms with Crippen LogP contribution < -0.4 is 5.32 Å². The zero-order valence-electron chi connectivity index (χ0n) is 12.8. The van der Waals surface area contributed by atoms with Crippen LogP contribution in [-0.2, 0) is 6.54 Å². The molecule has 2 unspecified atom stereocenters. The lowest BCUT2D eigenvalue weighted by molar-refractivity contribution is 0.125. The highest BCUT2D eigenvalue weighted by molar-refractivity contribution is 5.22. The minimum atomic E-state index is 0.629. The Balaban J connectivity index is 1.97. The van der Waals surface area contributed by atoms with Crippen molar-refractivity contribution in [2.75, 3.05) is 13.1 Å². The molecule has 106 valence electrons. The Bertz CT molecular complexity index is 400. The first-order valence-corrected chi connectivity index (χ1v) is 7.57. The average molecular weight is 260 g/mol. The summed E-state index contributed by atoms with van der Waals surface area (Å²) in [4.78, 5) is 2.62. The quantitative estimate of drug-likeness (QED) is 0.894. The molecule has 0 aliphatic carbocycles. The number of hydrogen-bond donors (Lipinski definition) is 1. The monoisotopic (exact) mass is 260 g/mol. The van der Waals surface area contributed by atoms with Crippen LogP contribution in [0.4, 0.5) is 0 Å². The summed E-state index contributed by atoms with van der Waals surface area (Å²) in [5.41, 5.74) is 2.80. The molecule has 1 heterocycles. The normalized spacial score (nSPS) is 24.9. The molecule has 2 nitrogen and oxygen atoms in total. The van der Waals surface area contributed by atoms with E-state index >= 15 is 0 Å². The number of hydrogen-bond acceptors (Lipinski definition) is 2. The van der Waals surface area contributed by atoms with Gasteiger partial charge in [-0.15, -0.1) is 0 Å². The van der Waals surface area contributed by atoms with Crippen molar-refractivity contribution in [3.63, 3.8) is 0 Å². The maximum Gasteiger partial charge on any atom is 0.0237 e. The smallest absolute Gasteiger partial charge is 0.0237 e. The van der Waals surface area contributed by atoms with Gasteiger partial charge in [-0.05, 0) is 31.7 Å². The lowest BCUT2D eigenvalue weighted by Gasteiger charge is -2.39. The first-order chi connectivity index (χ1) is 9.04. The zero-order chi connectivity index (χ0) is 13.8. The third-order valence-corrected chi connectivity index (χ3v) is 4.00. The van der Waals surface area contributed by atoms with Gasteiger partial charge in [-0.2, -0.15) is 0 Å². The maximum atomic E-state index is 3.69. The summed E-state index contributed by atoms with van der Waals surface area (Å²) in [5, 5.41) is 3.69. The van der Waals surface area contributed by atoms with Gasteiger partial charge in [0.15, 0.2) is 0 Å². The van der Waals surface area contributed by atoms with Gasteiger partial charge in [0.05, 0.1) is 0 Å². The second-order valence-electron chi connectivity index (χ2n) is 6.50. The average Bonchev–Trinajstić information content (AvgIpc) is 2.33. The number of aryl methyl sites for hydroxylation is 1. The lowest BCUT2D eigenvalue weighted by Crippen LogP contribution is -2.55. The predicted octanol–water partition coefficient (Wildman–Crippen LogP) is 3.20. The van der Waals surface area contributed by atoms with Crippen molar-refractivity contribution in [1.29, 1.82) is 0 Å². The van der Waals surface area contributed by atoms with E-state index in [4.69, 9.17) is 0 Å². The number of rotatable bonds is 4. The van der Waals surface area contributed by atoms with E-state index in [0.717, 1.165) is 19.0 Å². The minimum Gasteiger partial charge on any atom is -0.311 e. The van der Waals surface area contributed by atoms with Gasteiger partial charge in [0.2, 0.25) is 0 Å². The molecule has 1 aliphatic heterocycles. The van der Waals surface area contributed by atoms with E-state index in [-0.39, 0.29) is 0 Å². The number of piperazine rings is 1. The van der Waals surface area contributed by atoms with Crippen LogP contribution in [0.3, 0.4) is 0 Å². The highest BCUT2D eigenvalue weighted by atomic mass is 15.2. The van der Waals surface area contributed by atoms with E-state index in [1.807, 2.05) is 0 Å². The Kier molecular flexibility index (Phi) is 5.00. The maximum absolute atomic E-state index is 3.69. The van der Waals surface area contributed by atoms with Gasteiger partial charge in [0.1, 0.15) is 0 Å². The Labute approximate surface area is 118 Å². The summed E-state index contributed by atoms with van der Waals surface area (Å²) < 4.78 is 0. The first-order valence-electron chi connectivity index (χ1n) is 7.57. The third kappa shape index (κ3) is 4.32. The van der Waals surface area contributed by atoms with Crippen LogP contribution in [0.15, 0.2) is 24.3 Å². The largest absolute Gasteiger partial charge is 0.311 e. The van der Waals surface area contributed by atoms with Crippen molar-refractivity contribution in [1.82, 2.24) is 10.2 Å². The summed E-state index contributed by atoms with van der Waals surface area (Å²) in [5.74, 6) is 0.770. The molecule has 0 aromatic heterocycles. The van der Waals surface area contributed by atoms with Gasteiger partial charge in [0, 0.05) is 31.7 Å². The second-order valence-corrected chi connectivity index (χ2v) is 6.50. The van der Waals surface area contributed by atoms with Crippen molar-refractivity contribution in [2.45, 2.75) is 52.7 Å². The fourth-order valence-corrected chi connectivity index (χ4v) is 2.99. The topological polar surface area (TPSA) is 15.3 Å². The molecule has 0 spiro atoms. The molecule has 0 radical (unpaired) electrons. The summed E-state index contributed by atoms with van der Waals surface area (Å²) in [6, 6.07) is 10.2. The van der Waals surface area contributed by atoms with Crippen LogP contribution in [0.5, 0.6) is 0 Å². The fourth-order valence-electron chi connectivity index (χ4n) is 2.99. The first kappa shape index (κ1) is 14.5. The second kappa shape index (κ2) is 6.53. The van der Waals surface area contributed by atoms with Gasteiger partial charge in [-0.1, -0.05) is 43.7 Å². The molecule has 1 fully saturated rings. The van der Waals surface area contributed by atoms with E-state index in [2.05, 4.69) is 62.2 Å². The molecule has 2 heteroatoms. The summed E-state index contributed by atoms with van der Waals surface area (Å²) in [6.07, 6.45) is 1.27. The molecule has 1 N–H and O–H groups in total. The lowest BCUT2D eigenvalue weighted by atomic mass is 9.99. The van der Waals surface area contributed by atoms with Crippen molar-refractivity contribution in [2.24, 2.45) is 5.92 Å². The van der Waals surface area contributed by atoms with Gasteiger partial charge in [-0.3, -0.25) is 4.90 Å². The van der Waals surface area contributed by atoms with Crippen LogP contribution in [0, 0.1) is 12.8 Å². The SMILES string of the molecule is Cc1cccc(CN2CC(CC(C)C)NCC2C)c1. The molecular weight excluding hydrogens is 232 g/mol. The molecule has 1 aliphatic rings. The summed E-state index contributed by atoms with van der Waals surface area (Å²) in [7, 11) is 0. The number of benzene rings is 1. The molecule has 1 saturated heterocycles. The molecule has 1 aromatic rings. The molecule has 0 bridgehead atoms. The van der Waals surface area contributed by atoms with Gasteiger partial charge < -0.3 is 5.32 Å². The van der Waals surface area contributed by atoms with E-state index < -0.39 is 0 Å². The molecular formula is C17H28N2. The molecule has 0 saturated carbocycles. The Hall–Kier alpha value is -0.860. The van der Waals surface area contributed by atoms with Crippen molar-refractivity contribution < 1.29 is 0 Å². The van der Waals surface area contributed by atoms with E-state index in [0.29, 0.717) is 12.1 Å². The summed E-state index contributed by atoms with van der Waals surface area (Å²) >= 11 is 0. The van der Waals surface area contributed by atoms with Crippen LogP contribution in [0.25, 0.3) is 0 Å². The van der Waals surface area contributed by atoms with Gasteiger partial charge in [0.25, 0.3) is 0 Å². The van der Waals surface area contributed by atoms with E-state index in [1.165, 1.54) is 24.1 Å². The van der Waals surface area contributed by atoms with Crippen LogP contribution in [0.1, 0.15) is 38.3 Å². The predicted molar refractivity (Wildman–Crippen MR) is 82.3 cm³/mol. The standard InChI is InChI=1S/C17H28N2/c1-13(2)8-17-12-19(15(4)10-18-17)11-16-7-5-6-14(3)9-16/h5-7,9,13,15,17-18H,8,10-12H2,1-4H3. The molecule has 0 amide bonds. The van der Waals surface area contributed by atoms with Crippen molar-refractivity contribution in [3.05, 3.63) is 35.4 Å². The molecule has 1 aromatic carbocycles. The highest BCUT2D eigenvalue weighted by Gasteiger charge is 2.25. The third-order valence-electron chi connectivity index (χ3n) is 4.00. The molecule has 2 atom stereocenters. The number of nitrogens with zero attached hydrogens (tertiary/aromatic N) is 1. The van der Waals surface area contributed by atoms with Crippen LogP contribution in [-0.4, -0.2) is 30.1 Å². The summed E-state index contributed by atoms with van der Waals surface area (Å²) in [6.45, 7) is 12.5. The van der Waals surface area contributed by atoms with Crippen LogP contribution in [0.2, 0.25) is 0 Å². The minimum absolute atomic E-state index is 0.629.